The van der Waals surface area contributed by atoms with E-state index in [4.69, 9.17) is 0 Å². The molecule has 0 radical (unpaired) electrons. The van der Waals surface area contributed by atoms with Crippen molar-refractivity contribution in [1.82, 2.24) is 10.2 Å². The number of piperazine rings is 1. The SMILES string of the molecule is CCC1CNC(C)(c2ccccc2)CN1CC(C)C. The van der Waals surface area contributed by atoms with E-state index >= 15 is 0 Å². The average molecular weight is 260 g/mol. The third-order valence-electron chi connectivity index (χ3n) is 4.25. The minimum Gasteiger partial charge on any atom is -0.305 e. The summed E-state index contributed by atoms with van der Waals surface area (Å²) in [7, 11) is 0. The second-order valence-electron chi connectivity index (χ2n) is 6.46. The molecule has 0 amide bonds. The molecule has 19 heavy (non-hydrogen) atoms. The number of hydrogen-bond acceptors (Lipinski definition) is 2. The van der Waals surface area contributed by atoms with E-state index in [2.05, 4.69) is 68.2 Å². The van der Waals surface area contributed by atoms with E-state index in [1.807, 2.05) is 0 Å². The lowest BCUT2D eigenvalue weighted by molar-refractivity contribution is 0.0726. The smallest absolute Gasteiger partial charge is 0.0535 e. The first-order valence-corrected chi connectivity index (χ1v) is 7.59. The third-order valence-corrected chi connectivity index (χ3v) is 4.25. The van der Waals surface area contributed by atoms with Gasteiger partial charge in [0.15, 0.2) is 0 Å². The Bertz CT molecular complexity index is 388. The Balaban J connectivity index is 2.16. The maximum absolute atomic E-state index is 3.77. The fourth-order valence-corrected chi connectivity index (χ4v) is 3.15. The van der Waals surface area contributed by atoms with Gasteiger partial charge in [0.25, 0.3) is 0 Å². The summed E-state index contributed by atoms with van der Waals surface area (Å²) in [5.74, 6) is 0.729. The summed E-state index contributed by atoms with van der Waals surface area (Å²) in [4.78, 5) is 2.67. The quantitative estimate of drug-likeness (QED) is 0.894. The van der Waals surface area contributed by atoms with Crippen molar-refractivity contribution in [2.24, 2.45) is 5.92 Å². The van der Waals surface area contributed by atoms with Crippen LogP contribution in [-0.4, -0.2) is 30.6 Å². The van der Waals surface area contributed by atoms with Gasteiger partial charge >= 0.3 is 0 Å². The molecule has 1 aliphatic heterocycles. The van der Waals surface area contributed by atoms with Crippen LogP contribution in [0.1, 0.15) is 39.7 Å². The van der Waals surface area contributed by atoms with Crippen molar-refractivity contribution in [2.75, 3.05) is 19.6 Å². The molecule has 2 atom stereocenters. The predicted molar refractivity (Wildman–Crippen MR) is 82.3 cm³/mol. The average Bonchev–Trinajstić information content (AvgIpc) is 2.39. The maximum atomic E-state index is 3.77. The Morgan fingerprint density at radius 3 is 2.58 bits per heavy atom. The van der Waals surface area contributed by atoms with E-state index in [1.54, 1.807) is 0 Å². The molecule has 1 aliphatic rings. The summed E-state index contributed by atoms with van der Waals surface area (Å²) in [6.07, 6.45) is 1.23. The van der Waals surface area contributed by atoms with Gasteiger partial charge in [-0.3, -0.25) is 4.90 Å². The Morgan fingerprint density at radius 2 is 2.00 bits per heavy atom. The first kappa shape index (κ1) is 14.5. The van der Waals surface area contributed by atoms with Gasteiger partial charge in [-0.25, -0.2) is 0 Å². The van der Waals surface area contributed by atoms with Crippen LogP contribution in [0.2, 0.25) is 0 Å². The van der Waals surface area contributed by atoms with Gasteiger partial charge in [0.2, 0.25) is 0 Å². The summed E-state index contributed by atoms with van der Waals surface area (Å²) in [6.45, 7) is 12.7. The lowest BCUT2D eigenvalue weighted by Crippen LogP contribution is -2.61. The van der Waals surface area contributed by atoms with Gasteiger partial charge in [-0.1, -0.05) is 51.1 Å². The first-order valence-electron chi connectivity index (χ1n) is 7.59. The van der Waals surface area contributed by atoms with Crippen molar-refractivity contribution in [3.05, 3.63) is 35.9 Å². The van der Waals surface area contributed by atoms with E-state index in [9.17, 15) is 0 Å². The molecule has 0 spiro atoms. The van der Waals surface area contributed by atoms with Crippen LogP contribution in [0, 0.1) is 5.92 Å². The lowest BCUT2D eigenvalue weighted by atomic mass is 9.87. The van der Waals surface area contributed by atoms with Gasteiger partial charge in [0, 0.05) is 25.7 Å². The second-order valence-corrected chi connectivity index (χ2v) is 6.46. The van der Waals surface area contributed by atoms with E-state index in [0.29, 0.717) is 6.04 Å². The Hall–Kier alpha value is -0.860. The highest BCUT2D eigenvalue weighted by molar-refractivity contribution is 5.25. The Morgan fingerprint density at radius 1 is 1.32 bits per heavy atom. The number of benzene rings is 1. The topological polar surface area (TPSA) is 15.3 Å². The lowest BCUT2D eigenvalue weighted by Gasteiger charge is -2.47. The number of nitrogens with zero attached hydrogens (tertiary/aromatic N) is 1. The van der Waals surface area contributed by atoms with Crippen molar-refractivity contribution < 1.29 is 0 Å². The highest BCUT2D eigenvalue weighted by Gasteiger charge is 2.36. The van der Waals surface area contributed by atoms with Crippen LogP contribution in [0.25, 0.3) is 0 Å². The molecular weight excluding hydrogens is 232 g/mol. The van der Waals surface area contributed by atoms with Crippen molar-refractivity contribution in [3.63, 3.8) is 0 Å². The molecule has 0 saturated carbocycles. The molecule has 1 heterocycles. The molecule has 2 heteroatoms. The van der Waals surface area contributed by atoms with Gasteiger partial charge in [-0.15, -0.1) is 0 Å². The van der Waals surface area contributed by atoms with E-state index in [1.165, 1.54) is 18.5 Å². The maximum Gasteiger partial charge on any atom is 0.0535 e. The molecule has 106 valence electrons. The zero-order valence-corrected chi connectivity index (χ0v) is 12.8. The fourth-order valence-electron chi connectivity index (χ4n) is 3.15. The summed E-state index contributed by atoms with van der Waals surface area (Å²) < 4.78 is 0. The molecule has 0 bridgehead atoms. The van der Waals surface area contributed by atoms with Crippen LogP contribution < -0.4 is 5.32 Å². The van der Waals surface area contributed by atoms with Gasteiger partial charge in [0.05, 0.1) is 5.54 Å². The molecule has 1 aromatic carbocycles. The third kappa shape index (κ3) is 3.37. The molecule has 0 aliphatic carbocycles. The van der Waals surface area contributed by atoms with Crippen LogP contribution in [0.4, 0.5) is 0 Å². The van der Waals surface area contributed by atoms with Crippen LogP contribution in [0.15, 0.2) is 30.3 Å². The van der Waals surface area contributed by atoms with Crippen LogP contribution in [0.5, 0.6) is 0 Å². The van der Waals surface area contributed by atoms with Crippen LogP contribution >= 0.6 is 0 Å². The molecular formula is C17H28N2. The van der Waals surface area contributed by atoms with Crippen LogP contribution in [-0.2, 0) is 5.54 Å². The highest BCUT2D eigenvalue weighted by Crippen LogP contribution is 2.27. The van der Waals surface area contributed by atoms with Crippen molar-refractivity contribution >= 4 is 0 Å². The molecule has 0 aromatic heterocycles. The van der Waals surface area contributed by atoms with E-state index in [-0.39, 0.29) is 5.54 Å². The molecule has 1 N–H and O–H groups in total. The zero-order valence-electron chi connectivity index (χ0n) is 12.8. The normalized spacial score (nSPS) is 28.8. The Labute approximate surface area is 118 Å². The highest BCUT2D eigenvalue weighted by atomic mass is 15.2. The summed E-state index contributed by atoms with van der Waals surface area (Å²) in [5, 5.41) is 3.77. The van der Waals surface area contributed by atoms with Crippen LogP contribution in [0.3, 0.4) is 0 Å². The van der Waals surface area contributed by atoms with E-state index in [0.717, 1.165) is 19.0 Å². The molecule has 1 fully saturated rings. The number of hydrogen-bond donors (Lipinski definition) is 1. The van der Waals surface area contributed by atoms with Gasteiger partial charge in [-0.2, -0.15) is 0 Å². The molecule has 2 nitrogen and oxygen atoms in total. The van der Waals surface area contributed by atoms with Crippen molar-refractivity contribution in [3.8, 4) is 0 Å². The van der Waals surface area contributed by atoms with Gasteiger partial charge in [-0.05, 0) is 24.8 Å². The molecule has 1 saturated heterocycles. The molecule has 2 rings (SSSR count). The first-order chi connectivity index (χ1) is 9.05. The predicted octanol–water partition coefficient (Wildman–Crippen LogP) is 3.24. The van der Waals surface area contributed by atoms with E-state index < -0.39 is 0 Å². The standard InChI is InChI=1S/C17H28N2/c1-5-16-11-18-17(4,13-19(16)12-14(2)3)15-9-7-6-8-10-15/h6-10,14,16,18H,5,11-13H2,1-4H3. The minimum absolute atomic E-state index is 0.0851. The largest absolute Gasteiger partial charge is 0.305 e. The van der Waals surface area contributed by atoms with Crippen molar-refractivity contribution in [1.29, 1.82) is 0 Å². The summed E-state index contributed by atoms with van der Waals surface area (Å²) >= 11 is 0. The number of rotatable bonds is 4. The summed E-state index contributed by atoms with van der Waals surface area (Å²) in [6, 6.07) is 11.5. The zero-order chi connectivity index (χ0) is 13.9. The Kier molecular flexibility index (Phi) is 4.64. The second kappa shape index (κ2) is 6.06. The molecule has 1 aromatic rings. The fraction of sp³-hybridized carbons (Fsp3) is 0.647. The van der Waals surface area contributed by atoms with Gasteiger partial charge in [0.1, 0.15) is 0 Å². The molecule has 2 unspecified atom stereocenters. The summed E-state index contributed by atoms with van der Waals surface area (Å²) in [5.41, 5.74) is 1.49. The number of nitrogens with one attached hydrogen (secondary N) is 1. The monoisotopic (exact) mass is 260 g/mol. The van der Waals surface area contributed by atoms with Crippen molar-refractivity contribution in [2.45, 2.75) is 45.7 Å². The van der Waals surface area contributed by atoms with Gasteiger partial charge < -0.3 is 5.32 Å². The minimum atomic E-state index is 0.0851.